The number of halogens is 1. The molecule has 1 nitrogen and oxygen atoms in total. The van der Waals surface area contributed by atoms with Crippen LogP contribution in [0.4, 0.5) is 0 Å². The molecule has 0 amide bonds. The van der Waals surface area contributed by atoms with Gasteiger partial charge in [-0.25, -0.2) is 0 Å². The van der Waals surface area contributed by atoms with Gasteiger partial charge in [0.15, 0.2) is 0 Å². The SMILES string of the molecule is OC(Cc1sccc1Br)C1CCCCC1. The summed E-state index contributed by atoms with van der Waals surface area (Å²) in [6, 6.07) is 2.06. The van der Waals surface area contributed by atoms with E-state index in [1.54, 1.807) is 11.3 Å². The van der Waals surface area contributed by atoms with E-state index in [1.165, 1.54) is 37.0 Å². The van der Waals surface area contributed by atoms with Gasteiger partial charge in [-0.1, -0.05) is 19.3 Å². The fourth-order valence-electron chi connectivity index (χ4n) is 2.35. The quantitative estimate of drug-likeness (QED) is 0.892. The number of rotatable bonds is 3. The summed E-state index contributed by atoms with van der Waals surface area (Å²) in [5, 5.41) is 12.2. The van der Waals surface area contributed by atoms with Gasteiger partial charge in [-0.3, -0.25) is 0 Å². The molecule has 2 rings (SSSR count). The molecule has 0 spiro atoms. The van der Waals surface area contributed by atoms with Crippen molar-refractivity contribution >= 4 is 27.3 Å². The summed E-state index contributed by atoms with van der Waals surface area (Å²) >= 11 is 5.25. The third kappa shape index (κ3) is 3.05. The van der Waals surface area contributed by atoms with Gasteiger partial charge >= 0.3 is 0 Å². The lowest BCUT2D eigenvalue weighted by atomic mass is 9.84. The van der Waals surface area contributed by atoms with E-state index in [1.807, 2.05) is 0 Å². The van der Waals surface area contributed by atoms with E-state index < -0.39 is 0 Å². The Morgan fingerprint density at radius 2 is 2.13 bits per heavy atom. The summed E-state index contributed by atoms with van der Waals surface area (Å²) in [5.74, 6) is 0.535. The highest BCUT2D eigenvalue weighted by Crippen LogP contribution is 2.31. The summed E-state index contributed by atoms with van der Waals surface area (Å²) in [6.07, 6.45) is 7.06. The maximum atomic E-state index is 10.2. The predicted octanol–water partition coefficient (Wildman–Crippen LogP) is 3.99. The normalized spacial score (nSPS) is 20.4. The van der Waals surface area contributed by atoms with Gasteiger partial charge < -0.3 is 5.11 Å². The Morgan fingerprint density at radius 1 is 1.40 bits per heavy atom. The minimum absolute atomic E-state index is 0.139. The molecule has 1 heterocycles. The summed E-state index contributed by atoms with van der Waals surface area (Å²) in [7, 11) is 0. The van der Waals surface area contributed by atoms with Crippen molar-refractivity contribution < 1.29 is 5.11 Å². The summed E-state index contributed by atoms with van der Waals surface area (Å²) < 4.78 is 1.15. The Morgan fingerprint density at radius 3 is 2.73 bits per heavy atom. The molecule has 0 saturated heterocycles. The largest absolute Gasteiger partial charge is 0.392 e. The van der Waals surface area contributed by atoms with Gasteiger partial charge in [0.05, 0.1) is 6.10 Å². The minimum atomic E-state index is -0.139. The van der Waals surface area contributed by atoms with E-state index in [9.17, 15) is 5.11 Å². The maximum absolute atomic E-state index is 10.2. The first-order valence-electron chi connectivity index (χ1n) is 5.67. The number of hydrogen-bond acceptors (Lipinski definition) is 2. The second kappa shape index (κ2) is 5.46. The fraction of sp³-hybridized carbons (Fsp3) is 0.667. The van der Waals surface area contributed by atoms with Crippen molar-refractivity contribution in [3.8, 4) is 0 Å². The molecule has 3 heteroatoms. The Hall–Kier alpha value is 0.140. The molecule has 1 N–H and O–H groups in total. The lowest BCUT2D eigenvalue weighted by Gasteiger charge is -2.26. The molecule has 1 unspecified atom stereocenters. The van der Waals surface area contributed by atoms with Gasteiger partial charge in [-0.15, -0.1) is 11.3 Å². The third-order valence-corrected chi connectivity index (χ3v) is 5.23. The van der Waals surface area contributed by atoms with Crippen LogP contribution in [0, 0.1) is 5.92 Å². The first-order valence-corrected chi connectivity index (χ1v) is 7.34. The van der Waals surface area contributed by atoms with E-state index in [0.29, 0.717) is 5.92 Å². The van der Waals surface area contributed by atoms with Gasteiger partial charge in [0.2, 0.25) is 0 Å². The maximum Gasteiger partial charge on any atom is 0.0616 e. The van der Waals surface area contributed by atoms with Crippen LogP contribution in [0.2, 0.25) is 0 Å². The summed E-state index contributed by atoms with van der Waals surface area (Å²) in [5.41, 5.74) is 0. The topological polar surface area (TPSA) is 20.2 Å². The highest BCUT2D eigenvalue weighted by Gasteiger charge is 2.22. The van der Waals surface area contributed by atoms with Crippen molar-refractivity contribution in [1.82, 2.24) is 0 Å². The molecular formula is C12H17BrOS. The lowest BCUT2D eigenvalue weighted by Crippen LogP contribution is -2.24. The summed E-state index contributed by atoms with van der Waals surface area (Å²) in [4.78, 5) is 1.29. The number of aliphatic hydroxyl groups is 1. The van der Waals surface area contributed by atoms with Crippen LogP contribution >= 0.6 is 27.3 Å². The van der Waals surface area contributed by atoms with Crippen molar-refractivity contribution in [2.45, 2.75) is 44.6 Å². The monoisotopic (exact) mass is 288 g/mol. The van der Waals surface area contributed by atoms with Gasteiger partial charge in [0.1, 0.15) is 0 Å². The van der Waals surface area contributed by atoms with E-state index >= 15 is 0 Å². The van der Waals surface area contributed by atoms with Gasteiger partial charge in [-0.2, -0.15) is 0 Å². The standard InChI is InChI=1S/C12H17BrOS/c13-10-6-7-15-12(10)8-11(14)9-4-2-1-3-5-9/h6-7,9,11,14H,1-5,8H2. The van der Waals surface area contributed by atoms with Crippen molar-refractivity contribution in [2.24, 2.45) is 5.92 Å². The molecule has 1 atom stereocenters. The predicted molar refractivity (Wildman–Crippen MR) is 68.3 cm³/mol. The third-order valence-electron chi connectivity index (χ3n) is 3.28. The summed E-state index contributed by atoms with van der Waals surface area (Å²) in [6.45, 7) is 0. The zero-order chi connectivity index (χ0) is 10.7. The second-order valence-electron chi connectivity index (χ2n) is 4.36. The molecule has 1 saturated carbocycles. The van der Waals surface area contributed by atoms with Crippen LogP contribution in [-0.2, 0) is 6.42 Å². The van der Waals surface area contributed by atoms with Crippen molar-refractivity contribution in [3.05, 3.63) is 20.8 Å². The molecule has 1 aromatic heterocycles. The minimum Gasteiger partial charge on any atom is -0.392 e. The first-order chi connectivity index (χ1) is 7.27. The zero-order valence-electron chi connectivity index (χ0n) is 8.79. The molecule has 0 bridgehead atoms. The van der Waals surface area contributed by atoms with Crippen LogP contribution in [-0.4, -0.2) is 11.2 Å². The van der Waals surface area contributed by atoms with Crippen LogP contribution < -0.4 is 0 Å². The molecule has 1 aliphatic rings. The van der Waals surface area contributed by atoms with E-state index in [-0.39, 0.29) is 6.10 Å². The van der Waals surface area contributed by atoms with Gasteiger partial charge in [0.25, 0.3) is 0 Å². The molecule has 0 aliphatic heterocycles. The van der Waals surface area contributed by atoms with Crippen LogP contribution in [0.3, 0.4) is 0 Å². The lowest BCUT2D eigenvalue weighted by molar-refractivity contribution is 0.0856. The van der Waals surface area contributed by atoms with E-state index in [2.05, 4.69) is 27.4 Å². The number of aliphatic hydroxyl groups excluding tert-OH is 1. The molecule has 1 aromatic rings. The van der Waals surface area contributed by atoms with Crippen LogP contribution in [0.25, 0.3) is 0 Å². The molecule has 0 aromatic carbocycles. The molecule has 84 valence electrons. The smallest absolute Gasteiger partial charge is 0.0616 e. The Labute approximate surface area is 104 Å². The average molecular weight is 289 g/mol. The van der Waals surface area contributed by atoms with Gasteiger partial charge in [-0.05, 0) is 46.1 Å². The van der Waals surface area contributed by atoms with E-state index in [4.69, 9.17) is 0 Å². The van der Waals surface area contributed by atoms with Crippen molar-refractivity contribution in [1.29, 1.82) is 0 Å². The number of hydrogen-bond donors (Lipinski definition) is 1. The van der Waals surface area contributed by atoms with Crippen molar-refractivity contribution in [2.75, 3.05) is 0 Å². The second-order valence-corrected chi connectivity index (χ2v) is 6.22. The molecular weight excluding hydrogens is 272 g/mol. The molecule has 15 heavy (non-hydrogen) atoms. The van der Waals surface area contributed by atoms with E-state index in [0.717, 1.165) is 10.9 Å². The van der Waals surface area contributed by atoms with Crippen LogP contribution in [0.5, 0.6) is 0 Å². The van der Waals surface area contributed by atoms with Crippen LogP contribution in [0.1, 0.15) is 37.0 Å². The zero-order valence-corrected chi connectivity index (χ0v) is 11.2. The highest BCUT2D eigenvalue weighted by atomic mass is 79.9. The first kappa shape index (κ1) is 11.6. The highest BCUT2D eigenvalue weighted by molar-refractivity contribution is 9.10. The Bertz CT molecular complexity index is 304. The fourth-order valence-corrected chi connectivity index (χ4v) is 3.91. The molecule has 1 fully saturated rings. The van der Waals surface area contributed by atoms with Gasteiger partial charge in [0, 0.05) is 15.8 Å². The Kier molecular flexibility index (Phi) is 4.23. The number of thiophene rings is 1. The molecule has 0 radical (unpaired) electrons. The molecule has 1 aliphatic carbocycles. The van der Waals surface area contributed by atoms with Crippen LogP contribution in [0.15, 0.2) is 15.9 Å². The van der Waals surface area contributed by atoms with Crippen molar-refractivity contribution in [3.63, 3.8) is 0 Å². The average Bonchev–Trinajstić information content (AvgIpc) is 2.66. The Balaban J connectivity index is 1.91.